The second-order valence-corrected chi connectivity index (χ2v) is 5.98. The lowest BCUT2D eigenvalue weighted by molar-refractivity contribution is -0.222. The minimum atomic E-state index is -1.24. The van der Waals surface area contributed by atoms with Crippen molar-refractivity contribution in [2.75, 3.05) is 11.4 Å². The lowest BCUT2D eigenvalue weighted by atomic mass is 10.1. The zero-order valence-corrected chi connectivity index (χ0v) is 13.0. The molecule has 0 aliphatic carbocycles. The van der Waals surface area contributed by atoms with Crippen molar-refractivity contribution in [1.82, 2.24) is 0 Å². The maximum Gasteiger partial charge on any atom is 0.348 e. The number of esters is 2. The molecule has 0 N–H and O–H groups in total. The van der Waals surface area contributed by atoms with E-state index in [9.17, 15) is 14.4 Å². The molecule has 0 saturated carbocycles. The van der Waals surface area contributed by atoms with Gasteiger partial charge in [-0.05, 0) is 30.2 Å². The SMILES string of the molecule is CC1(C)OC(=O)C(=Cc2ccc(N3CCCC3=O)cc2)C(=O)O1. The summed E-state index contributed by atoms with van der Waals surface area (Å²) in [5, 5.41) is 0. The van der Waals surface area contributed by atoms with Gasteiger partial charge in [0, 0.05) is 32.5 Å². The zero-order valence-electron chi connectivity index (χ0n) is 13.0. The number of anilines is 1. The molecule has 0 spiro atoms. The van der Waals surface area contributed by atoms with Gasteiger partial charge in [-0.1, -0.05) is 12.1 Å². The van der Waals surface area contributed by atoms with Crippen LogP contribution in [0.25, 0.3) is 6.08 Å². The van der Waals surface area contributed by atoms with Crippen LogP contribution in [0.3, 0.4) is 0 Å². The molecule has 2 fully saturated rings. The Kier molecular flexibility index (Phi) is 3.67. The maximum atomic E-state index is 11.9. The number of amides is 1. The quantitative estimate of drug-likeness (QED) is 0.474. The Bertz CT molecular complexity index is 680. The first-order chi connectivity index (χ1) is 10.9. The predicted molar refractivity (Wildman–Crippen MR) is 82.3 cm³/mol. The van der Waals surface area contributed by atoms with E-state index in [-0.39, 0.29) is 11.5 Å². The van der Waals surface area contributed by atoms with Gasteiger partial charge in [-0.15, -0.1) is 0 Å². The Morgan fingerprint density at radius 2 is 1.65 bits per heavy atom. The molecule has 120 valence electrons. The molecular formula is C17H17NO5. The van der Waals surface area contributed by atoms with Crippen molar-refractivity contribution in [3.05, 3.63) is 35.4 Å². The lowest BCUT2D eigenvalue weighted by Crippen LogP contribution is -2.41. The van der Waals surface area contributed by atoms with Crippen LogP contribution in [0, 0.1) is 0 Å². The van der Waals surface area contributed by atoms with E-state index in [1.807, 2.05) is 0 Å². The molecule has 0 aromatic heterocycles. The third-order valence-electron chi connectivity index (χ3n) is 3.71. The number of rotatable bonds is 2. The van der Waals surface area contributed by atoms with Gasteiger partial charge in [0.25, 0.3) is 5.79 Å². The van der Waals surface area contributed by atoms with E-state index in [2.05, 4.69) is 0 Å². The molecule has 0 bridgehead atoms. The van der Waals surface area contributed by atoms with Gasteiger partial charge in [-0.25, -0.2) is 9.59 Å². The number of carbonyl (C=O) groups excluding carboxylic acids is 3. The van der Waals surface area contributed by atoms with Gasteiger partial charge in [-0.2, -0.15) is 0 Å². The highest BCUT2D eigenvalue weighted by Crippen LogP contribution is 2.26. The fraction of sp³-hybridized carbons (Fsp3) is 0.353. The summed E-state index contributed by atoms with van der Waals surface area (Å²) >= 11 is 0. The number of hydrogen-bond acceptors (Lipinski definition) is 5. The minimum Gasteiger partial charge on any atom is -0.419 e. The smallest absolute Gasteiger partial charge is 0.348 e. The lowest BCUT2D eigenvalue weighted by Gasteiger charge is -2.29. The van der Waals surface area contributed by atoms with Crippen molar-refractivity contribution in [2.24, 2.45) is 0 Å². The Morgan fingerprint density at radius 1 is 1.04 bits per heavy atom. The van der Waals surface area contributed by atoms with Crippen molar-refractivity contribution in [2.45, 2.75) is 32.5 Å². The predicted octanol–water partition coefficient (Wildman–Crippen LogP) is 2.03. The van der Waals surface area contributed by atoms with Gasteiger partial charge in [0.15, 0.2) is 0 Å². The summed E-state index contributed by atoms with van der Waals surface area (Å²) in [6, 6.07) is 7.07. The van der Waals surface area contributed by atoms with Crippen molar-refractivity contribution in [3.8, 4) is 0 Å². The fourth-order valence-corrected chi connectivity index (χ4v) is 2.62. The second kappa shape index (κ2) is 5.53. The van der Waals surface area contributed by atoms with Gasteiger partial charge in [0.1, 0.15) is 5.57 Å². The number of ether oxygens (including phenoxy) is 2. The van der Waals surface area contributed by atoms with Crippen LogP contribution in [0.2, 0.25) is 0 Å². The third kappa shape index (κ3) is 3.11. The summed E-state index contributed by atoms with van der Waals surface area (Å²) in [7, 11) is 0. The van der Waals surface area contributed by atoms with Crippen LogP contribution in [0.1, 0.15) is 32.3 Å². The van der Waals surface area contributed by atoms with Crippen molar-refractivity contribution in [1.29, 1.82) is 0 Å². The molecule has 2 aliphatic rings. The van der Waals surface area contributed by atoms with Crippen molar-refractivity contribution >= 4 is 29.6 Å². The first-order valence-electron chi connectivity index (χ1n) is 7.44. The van der Waals surface area contributed by atoms with E-state index in [4.69, 9.17) is 9.47 Å². The second-order valence-electron chi connectivity index (χ2n) is 5.98. The molecule has 2 aliphatic heterocycles. The van der Waals surface area contributed by atoms with Crippen LogP contribution >= 0.6 is 0 Å². The molecular weight excluding hydrogens is 298 g/mol. The van der Waals surface area contributed by atoms with Crippen LogP contribution in [-0.2, 0) is 23.9 Å². The van der Waals surface area contributed by atoms with Crippen molar-refractivity contribution in [3.63, 3.8) is 0 Å². The number of carbonyl (C=O) groups is 3. The first-order valence-corrected chi connectivity index (χ1v) is 7.44. The van der Waals surface area contributed by atoms with Crippen LogP contribution in [0.5, 0.6) is 0 Å². The highest BCUT2D eigenvalue weighted by molar-refractivity contribution is 6.18. The van der Waals surface area contributed by atoms with Gasteiger partial charge in [0.2, 0.25) is 5.91 Å². The fourth-order valence-electron chi connectivity index (χ4n) is 2.62. The molecule has 0 radical (unpaired) electrons. The normalized spacial score (nSPS) is 20.3. The Hall–Kier alpha value is -2.63. The van der Waals surface area contributed by atoms with Crippen LogP contribution in [-0.4, -0.2) is 30.2 Å². The topological polar surface area (TPSA) is 72.9 Å². The number of benzene rings is 1. The van der Waals surface area contributed by atoms with Crippen LogP contribution < -0.4 is 4.90 Å². The zero-order chi connectivity index (χ0) is 16.6. The molecule has 0 unspecified atom stereocenters. The summed E-state index contributed by atoms with van der Waals surface area (Å²) in [6.45, 7) is 3.72. The third-order valence-corrected chi connectivity index (χ3v) is 3.71. The van der Waals surface area contributed by atoms with E-state index in [1.165, 1.54) is 19.9 Å². The number of hydrogen-bond donors (Lipinski definition) is 0. The van der Waals surface area contributed by atoms with E-state index in [0.29, 0.717) is 18.5 Å². The standard InChI is InChI=1S/C17H17NO5/c1-17(2)22-15(20)13(16(21)23-17)10-11-5-7-12(8-6-11)18-9-3-4-14(18)19/h5-8,10H,3-4,9H2,1-2H3. The average Bonchev–Trinajstić information content (AvgIpc) is 2.89. The maximum absolute atomic E-state index is 11.9. The first kappa shape index (κ1) is 15.3. The molecule has 23 heavy (non-hydrogen) atoms. The molecule has 0 atom stereocenters. The van der Waals surface area contributed by atoms with Gasteiger partial charge >= 0.3 is 11.9 Å². The van der Waals surface area contributed by atoms with Gasteiger partial charge in [0.05, 0.1) is 0 Å². The molecule has 3 rings (SSSR count). The molecule has 6 heteroatoms. The van der Waals surface area contributed by atoms with E-state index in [1.54, 1.807) is 29.2 Å². The van der Waals surface area contributed by atoms with E-state index < -0.39 is 17.7 Å². The van der Waals surface area contributed by atoms with Crippen LogP contribution in [0.15, 0.2) is 29.8 Å². The molecule has 6 nitrogen and oxygen atoms in total. The van der Waals surface area contributed by atoms with Crippen molar-refractivity contribution < 1.29 is 23.9 Å². The molecule has 1 amide bonds. The Morgan fingerprint density at radius 3 is 2.17 bits per heavy atom. The Labute approximate surface area is 133 Å². The molecule has 2 saturated heterocycles. The van der Waals surface area contributed by atoms with Crippen LogP contribution in [0.4, 0.5) is 5.69 Å². The molecule has 2 heterocycles. The summed E-state index contributed by atoms with van der Waals surface area (Å²) in [6.07, 6.45) is 2.85. The molecule has 1 aromatic rings. The van der Waals surface area contributed by atoms with E-state index in [0.717, 1.165) is 12.1 Å². The van der Waals surface area contributed by atoms with Gasteiger partial charge < -0.3 is 14.4 Å². The summed E-state index contributed by atoms with van der Waals surface area (Å²) in [5.41, 5.74) is 1.32. The minimum absolute atomic E-state index is 0.109. The number of cyclic esters (lactones) is 2. The summed E-state index contributed by atoms with van der Waals surface area (Å²) in [5.74, 6) is -2.54. The summed E-state index contributed by atoms with van der Waals surface area (Å²) in [4.78, 5) is 37.2. The largest absolute Gasteiger partial charge is 0.419 e. The summed E-state index contributed by atoms with van der Waals surface area (Å²) < 4.78 is 10.1. The van der Waals surface area contributed by atoms with E-state index >= 15 is 0 Å². The monoisotopic (exact) mass is 315 g/mol. The number of nitrogens with zero attached hydrogens (tertiary/aromatic N) is 1. The highest BCUT2D eigenvalue weighted by atomic mass is 16.7. The van der Waals surface area contributed by atoms with Gasteiger partial charge in [-0.3, -0.25) is 4.79 Å². The highest BCUT2D eigenvalue weighted by Gasteiger charge is 2.38. The molecule has 1 aromatic carbocycles. The average molecular weight is 315 g/mol. The Balaban J connectivity index is 1.81.